The number of hydrogen-bond donors (Lipinski definition) is 2. The van der Waals surface area contributed by atoms with Crippen molar-refractivity contribution < 1.29 is 27.2 Å². The van der Waals surface area contributed by atoms with Gasteiger partial charge in [-0.05, 0) is 24.6 Å². The molecule has 136 valence electrons. The summed E-state index contributed by atoms with van der Waals surface area (Å²) in [6.45, 7) is 1.22. The molecule has 0 saturated heterocycles. The lowest BCUT2D eigenvalue weighted by atomic mass is 10.1. The quantitative estimate of drug-likeness (QED) is 0.797. The number of carbonyl (C=O) groups is 1. The fourth-order valence-electron chi connectivity index (χ4n) is 2.07. The highest BCUT2D eigenvalue weighted by Crippen LogP contribution is 2.24. The maximum Gasteiger partial charge on any atom is 0.573 e. The number of aromatic nitrogens is 2. The normalized spacial score (nSPS) is 12.7. The van der Waals surface area contributed by atoms with Crippen molar-refractivity contribution in [1.82, 2.24) is 15.0 Å². The van der Waals surface area contributed by atoms with Crippen molar-refractivity contribution in [2.75, 3.05) is 0 Å². The Hall–Kier alpha value is -2.82. The Morgan fingerprint density at radius 1 is 1.40 bits per heavy atom. The van der Waals surface area contributed by atoms with Crippen LogP contribution in [-0.2, 0) is 17.9 Å². The van der Waals surface area contributed by atoms with Crippen molar-refractivity contribution in [1.29, 1.82) is 0 Å². The van der Waals surface area contributed by atoms with E-state index in [9.17, 15) is 22.8 Å². The van der Waals surface area contributed by atoms with Gasteiger partial charge in [-0.3, -0.25) is 9.32 Å². The Balaban J connectivity index is 1.99. The van der Waals surface area contributed by atoms with Crippen LogP contribution in [-0.4, -0.2) is 22.0 Å². The average molecular weight is 360 g/mol. The number of nitrogens with two attached hydrogens (primary N) is 1. The Bertz CT molecular complexity index is 783. The van der Waals surface area contributed by atoms with Gasteiger partial charge in [0, 0.05) is 0 Å². The second-order valence-corrected chi connectivity index (χ2v) is 5.06. The molecule has 0 fully saturated rings. The van der Waals surface area contributed by atoms with E-state index in [2.05, 4.69) is 19.7 Å². The number of amides is 1. The minimum absolute atomic E-state index is 0.0742. The number of alkyl halides is 3. The zero-order chi connectivity index (χ0) is 18.6. The van der Waals surface area contributed by atoms with Gasteiger partial charge in [0.15, 0.2) is 5.82 Å². The number of hydrogen-bond acceptors (Lipinski definition) is 6. The lowest BCUT2D eigenvalue weighted by Gasteiger charge is -2.15. The van der Waals surface area contributed by atoms with Gasteiger partial charge >= 0.3 is 12.1 Å². The Labute approximate surface area is 139 Å². The van der Waals surface area contributed by atoms with E-state index < -0.39 is 24.1 Å². The van der Waals surface area contributed by atoms with Crippen molar-refractivity contribution >= 4 is 5.91 Å². The Morgan fingerprint density at radius 2 is 2.04 bits per heavy atom. The van der Waals surface area contributed by atoms with Crippen LogP contribution in [0.4, 0.5) is 13.2 Å². The second-order valence-electron chi connectivity index (χ2n) is 5.06. The van der Waals surface area contributed by atoms with Gasteiger partial charge in [0.1, 0.15) is 12.3 Å². The van der Waals surface area contributed by atoms with Gasteiger partial charge in [-0.2, -0.15) is 0 Å². The SMILES string of the molecule is CC(NC(=O)Cn1c(CN)noc1=O)c1ccc(OC(F)(F)F)cc1. The third-order valence-electron chi connectivity index (χ3n) is 3.24. The molecule has 1 aromatic carbocycles. The second kappa shape index (κ2) is 7.38. The molecular formula is C14H15F3N4O4. The molecule has 1 heterocycles. The zero-order valence-electron chi connectivity index (χ0n) is 13.0. The molecule has 0 aliphatic rings. The summed E-state index contributed by atoms with van der Waals surface area (Å²) >= 11 is 0. The molecule has 0 saturated carbocycles. The fourth-order valence-corrected chi connectivity index (χ4v) is 2.07. The van der Waals surface area contributed by atoms with Crippen LogP contribution < -0.4 is 21.5 Å². The summed E-state index contributed by atoms with van der Waals surface area (Å²) in [6.07, 6.45) is -4.77. The summed E-state index contributed by atoms with van der Waals surface area (Å²) in [7, 11) is 0. The van der Waals surface area contributed by atoms with Gasteiger partial charge < -0.3 is 15.8 Å². The van der Waals surface area contributed by atoms with Crippen LogP contribution in [0.2, 0.25) is 0 Å². The Morgan fingerprint density at radius 3 is 2.60 bits per heavy atom. The average Bonchev–Trinajstić information content (AvgIpc) is 2.86. The van der Waals surface area contributed by atoms with Crippen molar-refractivity contribution in [2.24, 2.45) is 5.73 Å². The summed E-state index contributed by atoms with van der Waals surface area (Å²) in [5, 5.41) is 6.04. The summed E-state index contributed by atoms with van der Waals surface area (Å²) in [5.74, 6) is -1.56. The van der Waals surface area contributed by atoms with Gasteiger partial charge in [0.2, 0.25) is 5.91 Å². The van der Waals surface area contributed by atoms with Gasteiger partial charge in [0.25, 0.3) is 0 Å². The standard InChI is InChI=1S/C14H15F3N4O4/c1-8(9-2-4-10(5-3-9)24-14(15,16)17)19-12(22)7-21-11(6-18)20-25-13(21)23/h2-5,8H,6-7,18H2,1H3,(H,19,22). The smallest absolute Gasteiger partial charge is 0.406 e. The van der Waals surface area contributed by atoms with Crippen LogP contribution in [0.15, 0.2) is 33.6 Å². The van der Waals surface area contributed by atoms with E-state index >= 15 is 0 Å². The van der Waals surface area contributed by atoms with Gasteiger partial charge in [0.05, 0.1) is 12.6 Å². The minimum atomic E-state index is -4.77. The van der Waals surface area contributed by atoms with Crippen LogP contribution >= 0.6 is 0 Å². The molecule has 3 N–H and O–H groups in total. The largest absolute Gasteiger partial charge is 0.573 e. The maximum atomic E-state index is 12.1. The lowest BCUT2D eigenvalue weighted by molar-refractivity contribution is -0.274. The molecule has 11 heteroatoms. The van der Waals surface area contributed by atoms with Crippen LogP contribution in [0.25, 0.3) is 0 Å². The highest BCUT2D eigenvalue weighted by atomic mass is 19.4. The number of carbonyl (C=O) groups excluding carboxylic acids is 1. The van der Waals surface area contributed by atoms with E-state index in [1.165, 1.54) is 12.1 Å². The molecule has 0 aliphatic carbocycles. The number of halogens is 3. The third kappa shape index (κ3) is 5.08. The Kier molecular flexibility index (Phi) is 5.47. The van der Waals surface area contributed by atoms with Crippen molar-refractivity contribution in [2.45, 2.75) is 32.4 Å². The van der Waals surface area contributed by atoms with Gasteiger partial charge in [-0.1, -0.05) is 17.3 Å². The highest BCUT2D eigenvalue weighted by molar-refractivity contribution is 5.76. The zero-order valence-corrected chi connectivity index (χ0v) is 13.0. The highest BCUT2D eigenvalue weighted by Gasteiger charge is 2.31. The van der Waals surface area contributed by atoms with E-state index in [0.29, 0.717) is 5.56 Å². The predicted molar refractivity (Wildman–Crippen MR) is 78.3 cm³/mol. The van der Waals surface area contributed by atoms with Crippen LogP contribution in [0.1, 0.15) is 24.4 Å². The summed E-state index contributed by atoms with van der Waals surface area (Å²) in [6, 6.07) is 4.56. The minimum Gasteiger partial charge on any atom is -0.406 e. The number of nitrogens with one attached hydrogen (secondary N) is 1. The van der Waals surface area contributed by atoms with Crippen molar-refractivity contribution in [3.05, 3.63) is 46.2 Å². The first kappa shape index (κ1) is 18.5. The molecule has 1 amide bonds. The summed E-state index contributed by atoms with van der Waals surface area (Å²) in [5.41, 5.74) is 5.94. The van der Waals surface area contributed by atoms with Crippen molar-refractivity contribution in [3.8, 4) is 5.75 Å². The number of benzene rings is 1. The molecule has 8 nitrogen and oxygen atoms in total. The first-order valence-corrected chi connectivity index (χ1v) is 7.10. The first-order valence-electron chi connectivity index (χ1n) is 7.10. The lowest BCUT2D eigenvalue weighted by Crippen LogP contribution is -2.33. The predicted octanol–water partition coefficient (Wildman–Crippen LogP) is 1.07. The molecule has 0 bridgehead atoms. The monoisotopic (exact) mass is 360 g/mol. The topological polar surface area (TPSA) is 112 Å². The molecule has 25 heavy (non-hydrogen) atoms. The summed E-state index contributed by atoms with van der Waals surface area (Å²) < 4.78 is 45.5. The van der Waals surface area contributed by atoms with Gasteiger partial charge in [-0.25, -0.2) is 9.36 Å². The van der Waals surface area contributed by atoms with E-state index in [1.54, 1.807) is 6.92 Å². The van der Waals surface area contributed by atoms with Gasteiger partial charge in [-0.15, -0.1) is 13.2 Å². The molecule has 0 radical (unpaired) electrons. The van der Waals surface area contributed by atoms with E-state index in [0.717, 1.165) is 16.7 Å². The fraction of sp³-hybridized carbons (Fsp3) is 0.357. The van der Waals surface area contributed by atoms with E-state index in [-0.39, 0.29) is 24.7 Å². The van der Waals surface area contributed by atoms with Crippen molar-refractivity contribution in [3.63, 3.8) is 0 Å². The van der Waals surface area contributed by atoms with E-state index in [4.69, 9.17) is 5.73 Å². The molecule has 0 aliphatic heterocycles. The van der Waals surface area contributed by atoms with Crippen LogP contribution in [0.5, 0.6) is 5.75 Å². The molecule has 1 atom stereocenters. The van der Waals surface area contributed by atoms with Crippen LogP contribution in [0.3, 0.4) is 0 Å². The third-order valence-corrected chi connectivity index (χ3v) is 3.24. The number of ether oxygens (including phenoxy) is 1. The molecule has 0 spiro atoms. The molecule has 1 unspecified atom stereocenters. The first-order chi connectivity index (χ1) is 11.7. The molecule has 2 aromatic rings. The molecule has 1 aromatic heterocycles. The van der Waals surface area contributed by atoms with E-state index in [1.807, 2.05) is 0 Å². The molecular weight excluding hydrogens is 345 g/mol. The summed E-state index contributed by atoms with van der Waals surface area (Å²) in [4.78, 5) is 23.4. The van der Waals surface area contributed by atoms with Crippen LogP contribution in [0, 0.1) is 0 Å². The number of nitrogens with zero attached hydrogens (tertiary/aromatic N) is 2. The maximum absolute atomic E-state index is 12.1. The number of rotatable bonds is 6. The molecule has 2 rings (SSSR count).